The topological polar surface area (TPSA) is 77.2 Å². The fourth-order valence-electron chi connectivity index (χ4n) is 2.31. The van der Waals surface area contributed by atoms with Crippen LogP contribution in [0.1, 0.15) is 36.6 Å². The highest BCUT2D eigenvalue weighted by Crippen LogP contribution is 2.25. The van der Waals surface area contributed by atoms with Crippen LogP contribution in [-0.2, 0) is 22.4 Å². The third kappa shape index (κ3) is 3.45. The van der Waals surface area contributed by atoms with E-state index < -0.39 is 0 Å². The van der Waals surface area contributed by atoms with Gasteiger partial charge in [0, 0.05) is 12.2 Å². The summed E-state index contributed by atoms with van der Waals surface area (Å²) in [6, 6.07) is 2.02. The molecule has 0 atom stereocenters. The summed E-state index contributed by atoms with van der Waals surface area (Å²) in [5.74, 6) is 0.445. The fraction of sp³-hybridized carbons (Fsp3) is 0.500. The van der Waals surface area contributed by atoms with Crippen molar-refractivity contribution in [2.24, 2.45) is 5.73 Å². The number of carbonyl (C=O) groups is 1. The van der Waals surface area contributed by atoms with E-state index >= 15 is 0 Å². The Hall–Kier alpha value is -1.69. The lowest BCUT2D eigenvalue weighted by Gasteiger charge is -2.12. The van der Waals surface area contributed by atoms with Crippen LogP contribution in [0, 0.1) is 0 Å². The first-order chi connectivity index (χ1) is 9.61. The average molecular weight is 293 g/mol. The van der Waals surface area contributed by atoms with Gasteiger partial charge in [-0.1, -0.05) is 12.2 Å². The normalized spacial score (nSPS) is 12.8. The highest BCUT2D eigenvalue weighted by molar-refractivity contribution is 7.80. The second-order valence-corrected chi connectivity index (χ2v) is 5.13. The van der Waals surface area contributed by atoms with Crippen molar-refractivity contribution in [3.8, 4) is 0 Å². The van der Waals surface area contributed by atoms with E-state index in [1.54, 1.807) is 6.92 Å². The minimum absolute atomic E-state index is 0.224. The first-order valence-electron chi connectivity index (χ1n) is 6.84. The fourth-order valence-corrected chi connectivity index (χ4v) is 2.47. The van der Waals surface area contributed by atoms with Gasteiger partial charge in [0.05, 0.1) is 18.6 Å². The molecule has 108 valence electrons. The molecule has 6 heteroatoms. The Morgan fingerprint density at radius 2 is 2.35 bits per heavy atom. The quantitative estimate of drug-likeness (QED) is 0.612. The second-order valence-electron chi connectivity index (χ2n) is 4.69. The van der Waals surface area contributed by atoms with E-state index in [1.807, 2.05) is 6.07 Å². The van der Waals surface area contributed by atoms with Crippen LogP contribution in [0.4, 0.5) is 5.82 Å². The summed E-state index contributed by atoms with van der Waals surface area (Å²) in [7, 11) is 0. The third-order valence-electron chi connectivity index (χ3n) is 3.24. The van der Waals surface area contributed by atoms with Crippen LogP contribution < -0.4 is 11.1 Å². The minimum atomic E-state index is -0.224. The van der Waals surface area contributed by atoms with Crippen LogP contribution in [0.2, 0.25) is 0 Å². The van der Waals surface area contributed by atoms with Crippen LogP contribution in [0.25, 0.3) is 0 Å². The van der Waals surface area contributed by atoms with Gasteiger partial charge in [-0.2, -0.15) is 0 Å². The number of ether oxygens (including phenoxy) is 1. The zero-order valence-electron chi connectivity index (χ0n) is 11.6. The number of carbonyl (C=O) groups excluding carboxylic acids is 1. The van der Waals surface area contributed by atoms with Crippen molar-refractivity contribution in [2.75, 3.05) is 18.5 Å². The first kappa shape index (κ1) is 14.7. The molecule has 0 aromatic carbocycles. The lowest BCUT2D eigenvalue weighted by atomic mass is 10.1. The number of rotatable bonds is 6. The van der Waals surface area contributed by atoms with Crippen LogP contribution in [0.5, 0.6) is 0 Å². The zero-order valence-corrected chi connectivity index (χ0v) is 12.4. The number of pyridine rings is 1. The number of hydrogen-bond acceptors (Lipinski definition) is 5. The SMILES string of the molecule is CCOC(=O)CCNc1nc2c(cc1C(N)=S)CCC2. The minimum Gasteiger partial charge on any atom is -0.466 e. The van der Waals surface area contributed by atoms with Crippen LogP contribution in [0.15, 0.2) is 6.07 Å². The summed E-state index contributed by atoms with van der Waals surface area (Å²) < 4.78 is 4.88. The summed E-state index contributed by atoms with van der Waals surface area (Å²) in [5, 5.41) is 3.13. The van der Waals surface area contributed by atoms with E-state index in [-0.39, 0.29) is 5.97 Å². The smallest absolute Gasteiger partial charge is 0.307 e. The molecule has 0 bridgehead atoms. The molecule has 20 heavy (non-hydrogen) atoms. The molecule has 1 aliphatic rings. The Kier molecular flexibility index (Phi) is 4.89. The maximum absolute atomic E-state index is 11.3. The van der Waals surface area contributed by atoms with E-state index in [1.165, 1.54) is 5.56 Å². The molecule has 0 aliphatic heterocycles. The van der Waals surface area contributed by atoms with Gasteiger partial charge in [-0.05, 0) is 37.8 Å². The van der Waals surface area contributed by atoms with Crippen molar-refractivity contribution < 1.29 is 9.53 Å². The number of nitrogens with zero attached hydrogens (tertiary/aromatic N) is 1. The molecule has 0 spiro atoms. The number of nitrogens with one attached hydrogen (secondary N) is 1. The molecule has 1 aromatic heterocycles. The van der Waals surface area contributed by atoms with Gasteiger partial charge in [0.2, 0.25) is 0 Å². The number of nitrogens with two attached hydrogens (primary N) is 1. The van der Waals surface area contributed by atoms with Crippen LogP contribution >= 0.6 is 12.2 Å². The number of thiocarbonyl (C=S) groups is 1. The molecule has 0 saturated carbocycles. The van der Waals surface area contributed by atoms with Gasteiger partial charge in [0.15, 0.2) is 0 Å². The van der Waals surface area contributed by atoms with Gasteiger partial charge in [-0.15, -0.1) is 0 Å². The Morgan fingerprint density at radius 1 is 1.55 bits per heavy atom. The summed E-state index contributed by atoms with van der Waals surface area (Å²) in [5.41, 5.74) is 8.83. The molecular formula is C14H19N3O2S. The lowest BCUT2D eigenvalue weighted by molar-refractivity contribution is -0.142. The molecular weight excluding hydrogens is 274 g/mol. The van der Waals surface area contributed by atoms with Crippen molar-refractivity contribution in [1.29, 1.82) is 0 Å². The molecule has 0 fully saturated rings. The number of aryl methyl sites for hydroxylation is 2. The van der Waals surface area contributed by atoms with E-state index in [9.17, 15) is 4.79 Å². The summed E-state index contributed by atoms with van der Waals surface area (Å²) in [4.78, 5) is 16.2. The van der Waals surface area contributed by atoms with Gasteiger partial charge >= 0.3 is 5.97 Å². The zero-order chi connectivity index (χ0) is 14.5. The van der Waals surface area contributed by atoms with Crippen molar-refractivity contribution in [1.82, 2.24) is 4.98 Å². The van der Waals surface area contributed by atoms with Crippen molar-refractivity contribution in [3.63, 3.8) is 0 Å². The molecule has 0 unspecified atom stereocenters. The highest BCUT2D eigenvalue weighted by atomic mass is 32.1. The number of esters is 1. The van der Waals surface area contributed by atoms with E-state index in [4.69, 9.17) is 22.7 Å². The molecule has 1 aromatic rings. The van der Waals surface area contributed by atoms with Gasteiger partial charge in [-0.3, -0.25) is 4.79 Å². The molecule has 5 nitrogen and oxygen atoms in total. The van der Waals surface area contributed by atoms with Crippen molar-refractivity contribution in [2.45, 2.75) is 32.6 Å². The Morgan fingerprint density at radius 3 is 3.05 bits per heavy atom. The molecule has 1 aliphatic carbocycles. The molecule has 0 amide bonds. The van der Waals surface area contributed by atoms with Crippen molar-refractivity contribution in [3.05, 3.63) is 22.9 Å². The summed E-state index contributed by atoms with van der Waals surface area (Å²) in [6.07, 6.45) is 3.43. The van der Waals surface area contributed by atoms with E-state index in [0.29, 0.717) is 30.4 Å². The Labute approximate surface area is 123 Å². The van der Waals surface area contributed by atoms with E-state index in [0.717, 1.165) is 30.5 Å². The summed E-state index contributed by atoms with van der Waals surface area (Å²) in [6.45, 7) is 2.65. The highest BCUT2D eigenvalue weighted by Gasteiger charge is 2.17. The Bertz CT molecular complexity index is 531. The number of fused-ring (bicyclic) bond motifs is 1. The van der Waals surface area contributed by atoms with Gasteiger partial charge in [0.25, 0.3) is 0 Å². The molecule has 1 heterocycles. The first-order valence-corrected chi connectivity index (χ1v) is 7.24. The van der Waals surface area contributed by atoms with Crippen LogP contribution in [-0.4, -0.2) is 29.1 Å². The Balaban J connectivity index is 2.06. The van der Waals surface area contributed by atoms with E-state index in [2.05, 4.69) is 10.3 Å². The predicted molar refractivity (Wildman–Crippen MR) is 81.9 cm³/mol. The average Bonchev–Trinajstić information content (AvgIpc) is 2.85. The molecule has 0 saturated heterocycles. The largest absolute Gasteiger partial charge is 0.466 e. The number of anilines is 1. The second kappa shape index (κ2) is 6.65. The third-order valence-corrected chi connectivity index (χ3v) is 3.46. The lowest BCUT2D eigenvalue weighted by Crippen LogP contribution is -2.18. The number of aromatic nitrogens is 1. The summed E-state index contributed by atoms with van der Waals surface area (Å²) >= 11 is 5.07. The molecule has 3 N–H and O–H groups in total. The molecule has 2 rings (SSSR count). The van der Waals surface area contributed by atoms with Crippen molar-refractivity contribution >= 4 is 29.0 Å². The van der Waals surface area contributed by atoms with Crippen LogP contribution in [0.3, 0.4) is 0 Å². The number of hydrogen-bond donors (Lipinski definition) is 2. The maximum atomic E-state index is 11.3. The standard InChI is InChI=1S/C14H19N3O2S/c1-2-19-12(18)6-7-16-14-10(13(15)20)8-9-4-3-5-11(9)17-14/h8H,2-7H2,1H3,(H2,15,20)(H,16,17). The predicted octanol–water partition coefficient (Wildman–Crippen LogP) is 1.57. The van der Waals surface area contributed by atoms with Gasteiger partial charge < -0.3 is 15.8 Å². The van der Waals surface area contributed by atoms with Gasteiger partial charge in [0.1, 0.15) is 10.8 Å². The van der Waals surface area contributed by atoms with Gasteiger partial charge in [-0.25, -0.2) is 4.98 Å². The molecule has 0 radical (unpaired) electrons. The monoisotopic (exact) mass is 293 g/mol. The maximum Gasteiger partial charge on any atom is 0.307 e.